The number of amides is 1. The smallest absolute Gasteiger partial charge is 0.263 e. The van der Waals surface area contributed by atoms with E-state index in [-0.39, 0.29) is 5.91 Å². The maximum Gasteiger partial charge on any atom is 0.263 e. The standard InChI is InChI=1S/C40H30N2O2/c1-25-19-21-31-32-22-20-26(2)24-36(32)41(35(31)23-25)34-18-10-17-33-37(34)40(44)42(39(33)43)38-29(27-11-5-3-6-12-27)15-9-16-30(38)28-13-7-4-8-14-28/h3-24,39,43H,1-2H3. The Bertz CT molecular complexity index is 2120. The molecule has 1 unspecified atom stereocenters. The fraction of sp³-hybridized carbons (Fsp3) is 0.0750. The first-order valence-electron chi connectivity index (χ1n) is 14.9. The number of nitrogens with zero attached hydrogens (tertiary/aromatic N) is 2. The molecule has 1 aliphatic heterocycles. The van der Waals surface area contributed by atoms with Gasteiger partial charge in [0.25, 0.3) is 5.91 Å². The topological polar surface area (TPSA) is 45.5 Å². The third-order valence-corrected chi connectivity index (χ3v) is 8.80. The van der Waals surface area contributed by atoms with E-state index in [4.69, 9.17) is 0 Å². The summed E-state index contributed by atoms with van der Waals surface area (Å²) in [6.07, 6.45) is -1.15. The highest BCUT2D eigenvalue weighted by molar-refractivity contribution is 6.18. The molecule has 1 atom stereocenters. The second-order valence-corrected chi connectivity index (χ2v) is 11.6. The van der Waals surface area contributed by atoms with Crippen LogP contribution in [0.4, 0.5) is 5.69 Å². The Kier molecular flexibility index (Phi) is 6.00. The van der Waals surface area contributed by atoms with Crippen molar-refractivity contribution in [1.29, 1.82) is 0 Å². The number of carbonyl (C=O) groups is 1. The summed E-state index contributed by atoms with van der Waals surface area (Å²) in [4.78, 5) is 16.4. The molecule has 0 radical (unpaired) electrons. The second kappa shape index (κ2) is 10.1. The van der Waals surface area contributed by atoms with Crippen molar-refractivity contribution < 1.29 is 9.90 Å². The first kappa shape index (κ1) is 26.2. The summed E-state index contributed by atoms with van der Waals surface area (Å²) in [5, 5.41) is 14.3. The molecule has 1 N–H and O–H groups in total. The number of rotatable bonds is 4. The molecular formula is C40H30N2O2. The van der Waals surface area contributed by atoms with Crippen LogP contribution in [0.2, 0.25) is 0 Å². The molecule has 0 bridgehead atoms. The van der Waals surface area contributed by atoms with Gasteiger partial charge in [-0.15, -0.1) is 0 Å². The lowest BCUT2D eigenvalue weighted by molar-refractivity contribution is 0.0936. The van der Waals surface area contributed by atoms with Gasteiger partial charge in [0, 0.05) is 27.5 Å². The molecule has 0 saturated carbocycles. The molecule has 2 heterocycles. The molecule has 1 amide bonds. The van der Waals surface area contributed by atoms with Crippen LogP contribution in [0, 0.1) is 13.8 Å². The molecule has 6 aromatic carbocycles. The Morgan fingerprint density at radius 2 is 1.11 bits per heavy atom. The Balaban J connectivity index is 1.40. The van der Waals surface area contributed by atoms with Crippen molar-refractivity contribution in [3.8, 4) is 27.9 Å². The van der Waals surface area contributed by atoms with Crippen LogP contribution in [0.1, 0.15) is 33.3 Å². The van der Waals surface area contributed by atoms with Crippen molar-refractivity contribution in [3.05, 3.63) is 156 Å². The molecule has 44 heavy (non-hydrogen) atoms. The van der Waals surface area contributed by atoms with Gasteiger partial charge >= 0.3 is 0 Å². The maximum atomic E-state index is 14.8. The first-order chi connectivity index (χ1) is 21.5. The lowest BCUT2D eigenvalue weighted by Crippen LogP contribution is -2.29. The Labute approximate surface area is 256 Å². The van der Waals surface area contributed by atoms with Gasteiger partial charge in [-0.05, 0) is 54.3 Å². The summed E-state index contributed by atoms with van der Waals surface area (Å²) in [5.41, 5.74) is 10.7. The van der Waals surface area contributed by atoms with Gasteiger partial charge in [0.2, 0.25) is 0 Å². The highest BCUT2D eigenvalue weighted by atomic mass is 16.3. The fourth-order valence-corrected chi connectivity index (χ4v) is 6.79. The highest BCUT2D eigenvalue weighted by Crippen LogP contribution is 2.47. The predicted octanol–water partition coefficient (Wildman–Crippen LogP) is 9.39. The first-order valence-corrected chi connectivity index (χ1v) is 14.9. The number of benzene rings is 6. The van der Waals surface area contributed by atoms with E-state index in [1.165, 1.54) is 0 Å². The molecule has 0 spiro atoms. The van der Waals surface area contributed by atoms with Crippen LogP contribution in [-0.4, -0.2) is 15.6 Å². The van der Waals surface area contributed by atoms with E-state index in [9.17, 15) is 9.90 Å². The molecule has 1 aliphatic rings. The third-order valence-electron chi connectivity index (χ3n) is 8.80. The summed E-state index contributed by atoms with van der Waals surface area (Å²) < 4.78 is 2.19. The minimum Gasteiger partial charge on any atom is -0.369 e. The number of anilines is 1. The monoisotopic (exact) mass is 570 g/mol. The zero-order chi connectivity index (χ0) is 29.9. The van der Waals surface area contributed by atoms with Gasteiger partial charge in [-0.1, -0.05) is 115 Å². The van der Waals surface area contributed by atoms with E-state index in [1.54, 1.807) is 4.90 Å². The van der Waals surface area contributed by atoms with Crippen LogP contribution in [0.15, 0.2) is 133 Å². The van der Waals surface area contributed by atoms with Crippen molar-refractivity contribution in [3.63, 3.8) is 0 Å². The molecule has 4 heteroatoms. The minimum atomic E-state index is -1.15. The molecule has 0 fully saturated rings. The third kappa shape index (κ3) is 3.92. The molecule has 4 nitrogen and oxygen atoms in total. The Morgan fingerprint density at radius 3 is 1.66 bits per heavy atom. The van der Waals surface area contributed by atoms with Crippen LogP contribution in [0.25, 0.3) is 49.7 Å². The number of aliphatic hydroxyl groups excluding tert-OH is 1. The van der Waals surface area contributed by atoms with E-state index in [1.807, 2.05) is 97.1 Å². The molecular weight excluding hydrogens is 540 g/mol. The van der Waals surface area contributed by atoms with E-state index >= 15 is 0 Å². The zero-order valence-electron chi connectivity index (χ0n) is 24.5. The van der Waals surface area contributed by atoms with Gasteiger partial charge in [0.1, 0.15) is 0 Å². The van der Waals surface area contributed by atoms with E-state index < -0.39 is 6.23 Å². The lowest BCUT2D eigenvalue weighted by atomic mass is 9.95. The summed E-state index contributed by atoms with van der Waals surface area (Å²) >= 11 is 0. The summed E-state index contributed by atoms with van der Waals surface area (Å²) in [6.45, 7) is 4.18. The van der Waals surface area contributed by atoms with Crippen molar-refractivity contribution >= 4 is 33.4 Å². The van der Waals surface area contributed by atoms with Crippen LogP contribution in [-0.2, 0) is 0 Å². The molecule has 7 aromatic rings. The van der Waals surface area contributed by atoms with Gasteiger partial charge in [0.15, 0.2) is 6.23 Å². The normalized spacial score (nSPS) is 14.5. The number of hydrogen-bond acceptors (Lipinski definition) is 2. The molecule has 8 rings (SSSR count). The van der Waals surface area contributed by atoms with Gasteiger partial charge < -0.3 is 9.67 Å². The number of hydrogen-bond donors (Lipinski definition) is 1. The van der Waals surface area contributed by atoms with E-state index in [0.29, 0.717) is 16.8 Å². The summed E-state index contributed by atoms with van der Waals surface area (Å²) in [5.74, 6) is -0.223. The van der Waals surface area contributed by atoms with E-state index in [2.05, 4.69) is 54.8 Å². The van der Waals surface area contributed by atoms with Crippen molar-refractivity contribution in [1.82, 2.24) is 4.57 Å². The van der Waals surface area contributed by atoms with Gasteiger partial charge in [-0.25, -0.2) is 0 Å². The number of fused-ring (bicyclic) bond motifs is 4. The number of aryl methyl sites for hydroxylation is 2. The Hall–Kier alpha value is -5.45. The molecule has 0 aliphatic carbocycles. The highest BCUT2D eigenvalue weighted by Gasteiger charge is 2.41. The second-order valence-electron chi connectivity index (χ2n) is 11.6. The average Bonchev–Trinajstić information content (AvgIpc) is 3.50. The van der Waals surface area contributed by atoms with Gasteiger partial charge in [-0.2, -0.15) is 0 Å². The van der Waals surface area contributed by atoms with Crippen LogP contribution in [0.3, 0.4) is 0 Å². The van der Waals surface area contributed by atoms with Gasteiger partial charge in [-0.3, -0.25) is 9.69 Å². The van der Waals surface area contributed by atoms with E-state index in [0.717, 1.165) is 60.9 Å². The van der Waals surface area contributed by atoms with Crippen LogP contribution in [0.5, 0.6) is 0 Å². The molecule has 1 aromatic heterocycles. The van der Waals surface area contributed by atoms with Crippen molar-refractivity contribution in [2.24, 2.45) is 0 Å². The van der Waals surface area contributed by atoms with Crippen LogP contribution < -0.4 is 4.90 Å². The summed E-state index contributed by atoms with van der Waals surface area (Å²) in [6, 6.07) is 44.9. The number of aromatic nitrogens is 1. The van der Waals surface area contributed by atoms with Gasteiger partial charge in [0.05, 0.1) is 28.0 Å². The largest absolute Gasteiger partial charge is 0.369 e. The zero-order valence-corrected chi connectivity index (χ0v) is 24.5. The molecule has 0 saturated heterocycles. The summed E-state index contributed by atoms with van der Waals surface area (Å²) in [7, 11) is 0. The number of aliphatic hydroxyl groups is 1. The SMILES string of the molecule is Cc1ccc2c3ccc(C)cc3n(-c3cccc4c3C(=O)N(c3c(-c5ccccc5)cccc3-c3ccccc3)C4O)c2c1. The van der Waals surface area contributed by atoms with Crippen molar-refractivity contribution in [2.75, 3.05) is 4.90 Å². The molecule has 212 valence electrons. The Morgan fingerprint density at radius 1 is 0.591 bits per heavy atom. The maximum absolute atomic E-state index is 14.8. The van der Waals surface area contributed by atoms with Crippen LogP contribution >= 0.6 is 0 Å². The number of carbonyl (C=O) groups excluding carboxylic acids is 1. The quantitative estimate of drug-likeness (QED) is 0.229. The average molecular weight is 571 g/mol. The number of para-hydroxylation sites is 1. The predicted molar refractivity (Wildman–Crippen MR) is 179 cm³/mol. The fourth-order valence-electron chi connectivity index (χ4n) is 6.79. The minimum absolute atomic E-state index is 0.223. The van der Waals surface area contributed by atoms with Crippen molar-refractivity contribution in [2.45, 2.75) is 20.1 Å². The lowest BCUT2D eigenvalue weighted by Gasteiger charge is -2.27.